The summed E-state index contributed by atoms with van der Waals surface area (Å²) in [5.41, 5.74) is 0.241. The topological polar surface area (TPSA) is 42.0 Å². The Balaban J connectivity index is 1.46. The minimum absolute atomic E-state index is 0.200. The van der Waals surface area contributed by atoms with Crippen molar-refractivity contribution in [3.05, 3.63) is 29.6 Å². The molecule has 3 fully saturated rings. The number of rotatable bonds is 4. The van der Waals surface area contributed by atoms with E-state index in [9.17, 15) is 9.18 Å². The highest BCUT2D eigenvalue weighted by atomic mass is 19.1. The highest BCUT2D eigenvalue weighted by molar-refractivity contribution is 5.84. The molecule has 1 aromatic carbocycles. The van der Waals surface area contributed by atoms with Crippen LogP contribution in [0.25, 0.3) is 0 Å². The summed E-state index contributed by atoms with van der Waals surface area (Å²) in [6.07, 6.45) is 4.97. The molecule has 0 aromatic heterocycles. The van der Waals surface area contributed by atoms with E-state index in [1.54, 1.807) is 19.2 Å². The van der Waals surface area contributed by atoms with Gasteiger partial charge in [0, 0.05) is 44.5 Å². The van der Waals surface area contributed by atoms with Crippen molar-refractivity contribution in [2.24, 2.45) is 5.41 Å². The number of hydrogen-bond donors (Lipinski definition) is 0. The normalized spacial score (nSPS) is 27.5. The van der Waals surface area contributed by atoms with Crippen LogP contribution in [0.2, 0.25) is 0 Å². The zero-order valence-corrected chi connectivity index (χ0v) is 16.1. The average Bonchev–Trinajstić information content (AvgIpc) is 3.13. The second-order valence-corrected chi connectivity index (χ2v) is 8.13. The zero-order chi connectivity index (χ0) is 18.9. The molecule has 6 heteroatoms. The Hall–Kier alpha value is -1.66. The van der Waals surface area contributed by atoms with Crippen LogP contribution in [0.3, 0.4) is 0 Å². The van der Waals surface area contributed by atoms with Gasteiger partial charge in [-0.05, 0) is 56.8 Å². The number of halogens is 1. The van der Waals surface area contributed by atoms with E-state index in [4.69, 9.17) is 9.47 Å². The van der Waals surface area contributed by atoms with Crippen LogP contribution < -0.4 is 4.74 Å². The van der Waals surface area contributed by atoms with Crippen molar-refractivity contribution in [3.8, 4) is 5.75 Å². The standard InChI is InChI=1S/C21H29FN2O3/c1-26-18-3-4-19(22)16(13-18)14-23-9-2-7-21(20(23)25)8-10-24(15-21)17-5-11-27-12-6-17/h3-4,13,17H,2,5-12,14-15H2,1H3. The van der Waals surface area contributed by atoms with Crippen molar-refractivity contribution in [3.63, 3.8) is 0 Å². The third-order valence-corrected chi connectivity index (χ3v) is 6.53. The first kappa shape index (κ1) is 18.7. The van der Waals surface area contributed by atoms with Crippen molar-refractivity contribution >= 4 is 5.91 Å². The molecule has 0 saturated carbocycles. The number of hydrogen-bond acceptors (Lipinski definition) is 4. The van der Waals surface area contributed by atoms with E-state index in [2.05, 4.69) is 4.90 Å². The molecule has 0 radical (unpaired) electrons. The first-order valence-electron chi connectivity index (χ1n) is 10.0. The van der Waals surface area contributed by atoms with Crippen molar-refractivity contribution in [2.45, 2.75) is 44.7 Å². The highest BCUT2D eigenvalue weighted by Crippen LogP contribution is 2.42. The van der Waals surface area contributed by atoms with Crippen LogP contribution in [0.1, 0.15) is 37.7 Å². The summed E-state index contributed by atoms with van der Waals surface area (Å²) in [6, 6.07) is 5.27. The van der Waals surface area contributed by atoms with E-state index in [1.807, 2.05) is 4.90 Å². The number of nitrogens with zero attached hydrogens (tertiary/aromatic N) is 2. The number of methoxy groups -OCH3 is 1. The molecule has 1 spiro atoms. The van der Waals surface area contributed by atoms with Gasteiger partial charge in [-0.1, -0.05) is 0 Å². The summed E-state index contributed by atoms with van der Waals surface area (Å²) in [7, 11) is 1.57. The molecule has 0 N–H and O–H groups in total. The maximum atomic E-state index is 14.2. The lowest BCUT2D eigenvalue weighted by Gasteiger charge is -2.40. The van der Waals surface area contributed by atoms with E-state index in [0.717, 1.165) is 58.4 Å². The second-order valence-electron chi connectivity index (χ2n) is 8.13. The molecule has 0 bridgehead atoms. The molecular formula is C21H29FN2O3. The van der Waals surface area contributed by atoms with Crippen LogP contribution in [-0.4, -0.2) is 61.7 Å². The minimum atomic E-state index is -0.286. The van der Waals surface area contributed by atoms with Crippen LogP contribution in [0.4, 0.5) is 4.39 Å². The van der Waals surface area contributed by atoms with Gasteiger partial charge in [0.05, 0.1) is 12.5 Å². The Kier molecular flexibility index (Phi) is 5.37. The molecule has 1 amide bonds. The van der Waals surface area contributed by atoms with E-state index >= 15 is 0 Å². The lowest BCUT2D eigenvalue weighted by atomic mass is 9.78. The number of benzene rings is 1. The third-order valence-electron chi connectivity index (χ3n) is 6.53. The fourth-order valence-electron chi connectivity index (χ4n) is 4.95. The Bertz CT molecular complexity index is 692. The Morgan fingerprint density at radius 3 is 2.85 bits per heavy atom. The van der Waals surface area contributed by atoms with Gasteiger partial charge in [-0.15, -0.1) is 0 Å². The van der Waals surface area contributed by atoms with Gasteiger partial charge < -0.3 is 14.4 Å². The second kappa shape index (κ2) is 7.76. The first-order chi connectivity index (χ1) is 13.1. The monoisotopic (exact) mass is 376 g/mol. The quantitative estimate of drug-likeness (QED) is 0.810. The fourth-order valence-corrected chi connectivity index (χ4v) is 4.95. The Morgan fingerprint density at radius 2 is 2.07 bits per heavy atom. The maximum Gasteiger partial charge on any atom is 0.230 e. The number of likely N-dealkylation sites (tertiary alicyclic amines) is 2. The van der Waals surface area contributed by atoms with Crippen molar-refractivity contribution in [1.29, 1.82) is 0 Å². The van der Waals surface area contributed by atoms with Crippen LogP contribution in [0.5, 0.6) is 5.75 Å². The van der Waals surface area contributed by atoms with Gasteiger partial charge in [0.1, 0.15) is 11.6 Å². The molecule has 3 heterocycles. The van der Waals surface area contributed by atoms with Crippen molar-refractivity contribution in [1.82, 2.24) is 9.80 Å². The Morgan fingerprint density at radius 1 is 1.26 bits per heavy atom. The zero-order valence-electron chi connectivity index (χ0n) is 16.1. The van der Waals surface area contributed by atoms with Crippen molar-refractivity contribution < 1.29 is 18.7 Å². The smallest absolute Gasteiger partial charge is 0.230 e. The van der Waals surface area contributed by atoms with Crippen LogP contribution in [0.15, 0.2) is 18.2 Å². The molecule has 1 unspecified atom stereocenters. The van der Waals surface area contributed by atoms with Crippen LogP contribution in [0, 0.1) is 11.2 Å². The number of carbonyl (C=O) groups excluding carboxylic acids is 1. The minimum Gasteiger partial charge on any atom is -0.497 e. The molecule has 1 atom stereocenters. The number of ether oxygens (including phenoxy) is 2. The molecular weight excluding hydrogens is 347 g/mol. The van der Waals surface area contributed by atoms with Gasteiger partial charge in [-0.2, -0.15) is 0 Å². The summed E-state index contributed by atoms with van der Waals surface area (Å²) < 4.78 is 24.9. The van der Waals surface area contributed by atoms with Crippen molar-refractivity contribution in [2.75, 3.05) is 40.0 Å². The predicted molar refractivity (Wildman–Crippen MR) is 100 cm³/mol. The predicted octanol–water partition coefficient (Wildman–Crippen LogP) is 2.83. The Labute approximate surface area is 160 Å². The molecule has 1 aromatic rings. The van der Waals surface area contributed by atoms with Crippen LogP contribution >= 0.6 is 0 Å². The van der Waals surface area contributed by atoms with E-state index in [0.29, 0.717) is 30.4 Å². The fraction of sp³-hybridized carbons (Fsp3) is 0.667. The number of carbonyl (C=O) groups is 1. The summed E-state index contributed by atoms with van der Waals surface area (Å²) in [6.45, 7) is 4.49. The summed E-state index contributed by atoms with van der Waals surface area (Å²) >= 11 is 0. The molecule has 148 valence electrons. The van der Waals surface area contributed by atoms with E-state index in [-0.39, 0.29) is 17.1 Å². The molecule has 4 rings (SSSR count). The molecule has 3 aliphatic heterocycles. The van der Waals surface area contributed by atoms with Gasteiger partial charge in [0.2, 0.25) is 5.91 Å². The summed E-state index contributed by atoms with van der Waals surface area (Å²) in [4.78, 5) is 17.7. The molecule has 3 aliphatic rings. The lowest BCUT2D eigenvalue weighted by molar-refractivity contribution is -0.146. The SMILES string of the molecule is COc1ccc(F)c(CN2CCCC3(CCN(C4CCOCC4)C3)C2=O)c1. The van der Waals surface area contributed by atoms with Crippen LogP contribution in [-0.2, 0) is 16.1 Å². The largest absolute Gasteiger partial charge is 0.497 e. The van der Waals surface area contributed by atoms with Gasteiger partial charge in [-0.3, -0.25) is 9.69 Å². The maximum absolute atomic E-state index is 14.2. The summed E-state index contributed by atoms with van der Waals surface area (Å²) in [5, 5.41) is 0. The number of piperidine rings is 1. The third kappa shape index (κ3) is 3.69. The molecule has 5 nitrogen and oxygen atoms in total. The number of amides is 1. The average molecular weight is 376 g/mol. The van der Waals surface area contributed by atoms with Gasteiger partial charge in [0.25, 0.3) is 0 Å². The van der Waals surface area contributed by atoms with Gasteiger partial charge in [0.15, 0.2) is 0 Å². The van der Waals surface area contributed by atoms with E-state index < -0.39 is 0 Å². The highest BCUT2D eigenvalue weighted by Gasteiger charge is 2.49. The molecule has 27 heavy (non-hydrogen) atoms. The molecule has 3 saturated heterocycles. The lowest BCUT2D eigenvalue weighted by Crippen LogP contribution is -2.50. The summed E-state index contributed by atoms with van der Waals surface area (Å²) in [5.74, 6) is 0.543. The first-order valence-corrected chi connectivity index (χ1v) is 10.0. The molecule has 0 aliphatic carbocycles. The van der Waals surface area contributed by atoms with E-state index in [1.165, 1.54) is 6.07 Å². The van der Waals surface area contributed by atoms with Gasteiger partial charge in [-0.25, -0.2) is 4.39 Å². The van der Waals surface area contributed by atoms with Gasteiger partial charge >= 0.3 is 0 Å².